The number of aromatic nitrogens is 4. The molecule has 1 aliphatic rings. The van der Waals surface area contributed by atoms with E-state index in [9.17, 15) is 0 Å². The summed E-state index contributed by atoms with van der Waals surface area (Å²) < 4.78 is 1.86. The second-order valence-corrected chi connectivity index (χ2v) is 6.51. The Bertz CT molecular complexity index is 786. The van der Waals surface area contributed by atoms with Crippen LogP contribution < -0.4 is 5.32 Å². The first-order valence-corrected chi connectivity index (χ1v) is 8.79. The molecule has 0 bridgehead atoms. The largest absolute Gasteiger partial charge is 0.366 e. The van der Waals surface area contributed by atoms with Crippen LogP contribution in [0.15, 0.2) is 49.1 Å². The highest BCUT2D eigenvalue weighted by molar-refractivity contribution is 7.98. The van der Waals surface area contributed by atoms with E-state index in [2.05, 4.69) is 34.6 Å². The molecule has 0 aliphatic carbocycles. The van der Waals surface area contributed by atoms with E-state index in [0.29, 0.717) is 5.95 Å². The molecule has 0 atom stereocenters. The second kappa shape index (κ2) is 6.42. The lowest BCUT2D eigenvalue weighted by atomic mass is 10.1. The van der Waals surface area contributed by atoms with Crippen LogP contribution in [0, 0.1) is 0 Å². The third-order valence-corrected chi connectivity index (χ3v) is 4.83. The molecule has 2 aromatic heterocycles. The van der Waals surface area contributed by atoms with Gasteiger partial charge < -0.3 is 5.32 Å². The van der Waals surface area contributed by atoms with Gasteiger partial charge in [0.25, 0.3) is 0 Å². The predicted octanol–water partition coefficient (Wildman–Crippen LogP) is 3.06. The molecule has 0 unspecified atom stereocenters. The SMILES string of the molecule is c1ccc(CNc2nc(-n3ccnc3)nc3c2CSCC3)cc1. The van der Waals surface area contributed by atoms with Gasteiger partial charge in [-0.1, -0.05) is 30.3 Å². The molecule has 0 spiro atoms. The summed E-state index contributed by atoms with van der Waals surface area (Å²) in [4.78, 5) is 13.6. The summed E-state index contributed by atoms with van der Waals surface area (Å²) in [6.45, 7) is 0.762. The molecule has 1 aliphatic heterocycles. The van der Waals surface area contributed by atoms with Gasteiger partial charge in [0.15, 0.2) is 0 Å². The smallest absolute Gasteiger partial charge is 0.237 e. The van der Waals surface area contributed by atoms with E-state index in [1.54, 1.807) is 12.5 Å². The van der Waals surface area contributed by atoms with Crippen molar-refractivity contribution in [3.63, 3.8) is 0 Å². The van der Waals surface area contributed by atoms with E-state index in [1.807, 2.05) is 28.6 Å². The number of nitrogens with one attached hydrogen (secondary N) is 1. The molecule has 6 heteroatoms. The molecule has 1 N–H and O–H groups in total. The number of imidazole rings is 1. The van der Waals surface area contributed by atoms with Gasteiger partial charge >= 0.3 is 0 Å². The molecular weight excluding hydrogens is 306 g/mol. The molecule has 23 heavy (non-hydrogen) atoms. The monoisotopic (exact) mass is 323 g/mol. The Morgan fingerprint density at radius 1 is 1.17 bits per heavy atom. The first-order valence-electron chi connectivity index (χ1n) is 7.64. The van der Waals surface area contributed by atoms with Gasteiger partial charge in [-0.05, 0) is 17.7 Å². The average Bonchev–Trinajstić information content (AvgIpc) is 3.15. The molecule has 3 heterocycles. The molecule has 4 rings (SSSR count). The zero-order valence-electron chi connectivity index (χ0n) is 12.6. The second-order valence-electron chi connectivity index (χ2n) is 5.41. The Morgan fingerprint density at radius 3 is 2.91 bits per heavy atom. The Labute approximate surface area is 139 Å². The number of benzene rings is 1. The topological polar surface area (TPSA) is 55.6 Å². The van der Waals surface area contributed by atoms with Gasteiger partial charge in [-0.25, -0.2) is 9.97 Å². The highest BCUT2D eigenvalue weighted by Gasteiger charge is 2.18. The van der Waals surface area contributed by atoms with Crippen LogP contribution in [0.25, 0.3) is 5.95 Å². The van der Waals surface area contributed by atoms with Crippen molar-refractivity contribution in [3.8, 4) is 5.95 Å². The minimum Gasteiger partial charge on any atom is -0.366 e. The summed E-state index contributed by atoms with van der Waals surface area (Å²) in [5.74, 6) is 3.71. The maximum absolute atomic E-state index is 4.73. The summed E-state index contributed by atoms with van der Waals surface area (Å²) in [7, 11) is 0. The molecule has 116 valence electrons. The van der Waals surface area contributed by atoms with Crippen molar-refractivity contribution in [2.45, 2.75) is 18.7 Å². The molecule has 0 amide bonds. The van der Waals surface area contributed by atoms with Crippen molar-refractivity contribution >= 4 is 17.6 Å². The summed E-state index contributed by atoms with van der Waals surface area (Å²) in [6, 6.07) is 10.4. The summed E-state index contributed by atoms with van der Waals surface area (Å²) in [6.07, 6.45) is 6.35. The molecule has 0 radical (unpaired) electrons. The Hall–Kier alpha value is -2.34. The first-order chi connectivity index (χ1) is 11.4. The van der Waals surface area contributed by atoms with Crippen molar-refractivity contribution < 1.29 is 0 Å². The highest BCUT2D eigenvalue weighted by atomic mass is 32.2. The van der Waals surface area contributed by atoms with Gasteiger partial charge in [-0.2, -0.15) is 16.7 Å². The third kappa shape index (κ3) is 3.07. The van der Waals surface area contributed by atoms with E-state index in [4.69, 9.17) is 9.97 Å². The predicted molar refractivity (Wildman–Crippen MR) is 92.8 cm³/mol. The van der Waals surface area contributed by atoms with Crippen LogP contribution in [-0.4, -0.2) is 25.3 Å². The average molecular weight is 323 g/mol. The third-order valence-electron chi connectivity index (χ3n) is 3.85. The number of hydrogen-bond donors (Lipinski definition) is 1. The number of hydrogen-bond acceptors (Lipinski definition) is 5. The van der Waals surface area contributed by atoms with E-state index in [-0.39, 0.29) is 0 Å². The van der Waals surface area contributed by atoms with E-state index < -0.39 is 0 Å². The Kier molecular flexibility index (Phi) is 3.98. The van der Waals surface area contributed by atoms with Crippen LogP contribution >= 0.6 is 11.8 Å². The minimum absolute atomic E-state index is 0.684. The van der Waals surface area contributed by atoms with Crippen LogP contribution in [0.4, 0.5) is 5.82 Å². The van der Waals surface area contributed by atoms with Gasteiger partial charge in [0.05, 0.1) is 5.69 Å². The Balaban J connectivity index is 1.67. The van der Waals surface area contributed by atoms with Crippen LogP contribution in [-0.2, 0) is 18.7 Å². The maximum Gasteiger partial charge on any atom is 0.237 e. The number of aryl methyl sites for hydroxylation is 1. The van der Waals surface area contributed by atoms with Crippen molar-refractivity contribution in [3.05, 3.63) is 65.9 Å². The van der Waals surface area contributed by atoms with Crippen molar-refractivity contribution in [1.29, 1.82) is 0 Å². The maximum atomic E-state index is 4.73. The van der Waals surface area contributed by atoms with Crippen molar-refractivity contribution in [2.75, 3.05) is 11.1 Å². The van der Waals surface area contributed by atoms with Crippen molar-refractivity contribution in [2.24, 2.45) is 0 Å². The normalized spacial score (nSPS) is 13.6. The van der Waals surface area contributed by atoms with Gasteiger partial charge in [0, 0.05) is 30.3 Å². The number of anilines is 1. The molecule has 0 fully saturated rings. The number of rotatable bonds is 4. The van der Waals surface area contributed by atoms with E-state index in [1.165, 1.54) is 11.1 Å². The molecule has 5 nitrogen and oxygen atoms in total. The van der Waals surface area contributed by atoms with Gasteiger partial charge in [0.2, 0.25) is 5.95 Å². The molecule has 0 saturated carbocycles. The Morgan fingerprint density at radius 2 is 2.09 bits per heavy atom. The summed E-state index contributed by atoms with van der Waals surface area (Å²) in [5.41, 5.74) is 3.63. The number of nitrogens with zero attached hydrogens (tertiary/aromatic N) is 4. The molecule has 3 aromatic rings. The van der Waals surface area contributed by atoms with Crippen LogP contribution in [0.2, 0.25) is 0 Å². The fourth-order valence-corrected chi connectivity index (χ4v) is 3.63. The van der Waals surface area contributed by atoms with Crippen LogP contribution in [0.3, 0.4) is 0 Å². The fraction of sp³-hybridized carbons (Fsp3) is 0.235. The zero-order chi connectivity index (χ0) is 15.5. The van der Waals surface area contributed by atoms with Gasteiger partial charge in [-0.15, -0.1) is 0 Å². The van der Waals surface area contributed by atoms with Gasteiger partial charge in [0.1, 0.15) is 12.1 Å². The van der Waals surface area contributed by atoms with E-state index in [0.717, 1.165) is 36.0 Å². The highest BCUT2D eigenvalue weighted by Crippen LogP contribution is 2.29. The van der Waals surface area contributed by atoms with Crippen molar-refractivity contribution in [1.82, 2.24) is 19.5 Å². The lowest BCUT2D eigenvalue weighted by Gasteiger charge is -2.19. The first kappa shape index (κ1) is 14.3. The lowest BCUT2D eigenvalue weighted by Crippen LogP contribution is -2.15. The number of fused-ring (bicyclic) bond motifs is 1. The molecule has 0 saturated heterocycles. The number of thioether (sulfide) groups is 1. The van der Waals surface area contributed by atoms with Crippen LogP contribution in [0.1, 0.15) is 16.8 Å². The molecule has 1 aromatic carbocycles. The lowest BCUT2D eigenvalue weighted by molar-refractivity contribution is 0.864. The van der Waals surface area contributed by atoms with Gasteiger partial charge in [-0.3, -0.25) is 4.57 Å². The summed E-state index contributed by atoms with van der Waals surface area (Å²) in [5, 5.41) is 3.49. The van der Waals surface area contributed by atoms with E-state index >= 15 is 0 Å². The quantitative estimate of drug-likeness (QED) is 0.800. The standard InChI is InChI=1S/C17H17N5S/c1-2-4-13(5-3-1)10-19-16-14-11-23-9-6-15(14)20-17(21-16)22-8-7-18-12-22/h1-5,7-8,12H,6,9-11H2,(H,19,20,21). The van der Waals surface area contributed by atoms with Crippen LogP contribution in [0.5, 0.6) is 0 Å². The molecular formula is C17H17N5S. The summed E-state index contributed by atoms with van der Waals surface area (Å²) >= 11 is 1.94. The minimum atomic E-state index is 0.684. The zero-order valence-corrected chi connectivity index (χ0v) is 13.5. The fourth-order valence-electron chi connectivity index (χ4n) is 2.64.